The first kappa shape index (κ1) is 21.0. The van der Waals surface area contributed by atoms with Crippen LogP contribution in [0.15, 0.2) is 18.2 Å². The molecule has 0 amide bonds. The van der Waals surface area contributed by atoms with Crippen LogP contribution in [0.3, 0.4) is 0 Å². The molecule has 0 aliphatic heterocycles. The van der Waals surface area contributed by atoms with Crippen LogP contribution in [0, 0.1) is 10.8 Å². The monoisotopic (exact) mass is 352 g/mol. The lowest BCUT2D eigenvalue weighted by molar-refractivity contribution is -0.421. The summed E-state index contributed by atoms with van der Waals surface area (Å²) in [5.74, 6) is -1.02. The number of ether oxygens (including phenoxy) is 1. The van der Waals surface area contributed by atoms with E-state index in [1.807, 2.05) is 0 Å². The van der Waals surface area contributed by atoms with Crippen molar-refractivity contribution in [3.8, 4) is 11.5 Å². The van der Waals surface area contributed by atoms with Gasteiger partial charge in [0.2, 0.25) is 0 Å². The molecule has 6 nitrogen and oxygen atoms in total. The van der Waals surface area contributed by atoms with Crippen LogP contribution in [0.2, 0.25) is 0 Å². The Morgan fingerprint density at radius 2 is 1.60 bits per heavy atom. The van der Waals surface area contributed by atoms with Gasteiger partial charge in [-0.25, -0.2) is 0 Å². The minimum absolute atomic E-state index is 0.109. The van der Waals surface area contributed by atoms with E-state index in [1.165, 1.54) is 12.1 Å². The third-order valence-corrected chi connectivity index (χ3v) is 3.87. The van der Waals surface area contributed by atoms with Crippen LogP contribution >= 0.6 is 0 Å². The van der Waals surface area contributed by atoms with Crippen molar-refractivity contribution in [1.82, 2.24) is 0 Å². The number of hydrogen-bond acceptors (Lipinski definition) is 5. The largest absolute Gasteiger partial charge is 0.504 e. The first-order valence-corrected chi connectivity index (χ1v) is 8.33. The first-order valence-electron chi connectivity index (χ1n) is 8.33. The zero-order valence-corrected chi connectivity index (χ0v) is 15.9. The Morgan fingerprint density at radius 1 is 1.04 bits per heavy atom. The summed E-state index contributed by atoms with van der Waals surface area (Å²) in [6.45, 7) is 10.6. The molecule has 6 heteroatoms. The second kappa shape index (κ2) is 7.44. The molecule has 0 spiro atoms. The molecular formula is C19H30NO5+. The average molecular weight is 352 g/mol. The fourth-order valence-electron chi connectivity index (χ4n) is 2.23. The van der Waals surface area contributed by atoms with Gasteiger partial charge in [0.05, 0.1) is 5.41 Å². The first-order chi connectivity index (χ1) is 11.2. The maximum absolute atomic E-state index is 12.6. The van der Waals surface area contributed by atoms with Crippen molar-refractivity contribution in [3.05, 3.63) is 23.8 Å². The number of carbonyl (C=O) groups excluding carboxylic acids is 2. The number of phenolic OH excluding ortho intramolecular Hbond substituents is 2. The molecule has 140 valence electrons. The standard InChI is InChI=1S/C19H29NO5/c1-18(2,3)16(23)15(20)14(25-17(24)19(4,5)6)10-11-7-8-12(21)13(22)9-11/h7-9,14-15,21-22H,10,20H2,1-6H3/p+1. The van der Waals surface area contributed by atoms with E-state index in [4.69, 9.17) is 4.74 Å². The summed E-state index contributed by atoms with van der Waals surface area (Å²) >= 11 is 0. The molecule has 0 heterocycles. The molecule has 1 aromatic carbocycles. The second-order valence-electron chi connectivity index (χ2n) is 8.44. The van der Waals surface area contributed by atoms with E-state index in [0.29, 0.717) is 5.56 Å². The summed E-state index contributed by atoms with van der Waals surface area (Å²) in [6, 6.07) is 3.61. The van der Waals surface area contributed by atoms with Gasteiger partial charge in [0.25, 0.3) is 0 Å². The van der Waals surface area contributed by atoms with Gasteiger partial charge < -0.3 is 20.7 Å². The van der Waals surface area contributed by atoms with Crippen LogP contribution in [0.4, 0.5) is 0 Å². The van der Waals surface area contributed by atoms with Gasteiger partial charge in [-0.2, -0.15) is 0 Å². The van der Waals surface area contributed by atoms with Crippen LogP contribution in [-0.2, 0) is 20.7 Å². The van der Waals surface area contributed by atoms with Crippen molar-refractivity contribution in [3.63, 3.8) is 0 Å². The van der Waals surface area contributed by atoms with E-state index in [0.717, 1.165) is 0 Å². The third kappa shape index (κ3) is 5.74. The van der Waals surface area contributed by atoms with Gasteiger partial charge in [-0.3, -0.25) is 9.59 Å². The Kier molecular flexibility index (Phi) is 6.23. The molecule has 1 aromatic rings. The Morgan fingerprint density at radius 3 is 2.04 bits per heavy atom. The number of Topliss-reactive ketones (excluding diaryl/α,β-unsaturated/α-hetero) is 1. The fraction of sp³-hybridized carbons (Fsp3) is 0.579. The quantitative estimate of drug-likeness (QED) is 0.553. The highest BCUT2D eigenvalue weighted by molar-refractivity contribution is 5.88. The topological polar surface area (TPSA) is 111 Å². The number of hydrogen-bond donors (Lipinski definition) is 3. The Hall–Kier alpha value is -2.08. The fourth-order valence-corrected chi connectivity index (χ4v) is 2.23. The Balaban J connectivity index is 3.11. The van der Waals surface area contributed by atoms with Crippen molar-refractivity contribution >= 4 is 11.8 Å². The Bertz CT molecular complexity index is 640. The molecule has 0 aromatic heterocycles. The molecule has 0 aliphatic carbocycles. The minimum Gasteiger partial charge on any atom is -0.504 e. The number of phenols is 2. The molecule has 0 saturated carbocycles. The average Bonchev–Trinajstić information content (AvgIpc) is 2.46. The van der Waals surface area contributed by atoms with Crippen LogP contribution < -0.4 is 5.73 Å². The van der Waals surface area contributed by atoms with Gasteiger partial charge in [0, 0.05) is 11.8 Å². The van der Waals surface area contributed by atoms with Crippen LogP contribution in [0.5, 0.6) is 11.5 Å². The molecule has 5 N–H and O–H groups in total. The molecule has 25 heavy (non-hydrogen) atoms. The number of carbonyl (C=O) groups is 2. The number of aromatic hydroxyl groups is 2. The summed E-state index contributed by atoms with van der Waals surface area (Å²) < 4.78 is 5.60. The maximum Gasteiger partial charge on any atom is 0.311 e. The SMILES string of the molecule is CC(C)(C)C(=O)OC(Cc1ccc(O)c(O)c1)C([NH3+])C(=O)C(C)(C)C. The summed E-state index contributed by atoms with van der Waals surface area (Å²) in [7, 11) is 0. The van der Waals surface area contributed by atoms with Gasteiger partial charge in [-0.15, -0.1) is 0 Å². The van der Waals surface area contributed by atoms with Crippen molar-refractivity contribution in [1.29, 1.82) is 0 Å². The molecule has 0 radical (unpaired) electrons. The second-order valence-corrected chi connectivity index (χ2v) is 8.44. The molecule has 0 saturated heterocycles. The zero-order valence-electron chi connectivity index (χ0n) is 15.9. The maximum atomic E-state index is 12.6. The molecule has 2 unspecified atom stereocenters. The van der Waals surface area contributed by atoms with Crippen molar-refractivity contribution in [2.24, 2.45) is 10.8 Å². The highest BCUT2D eigenvalue weighted by atomic mass is 16.5. The highest BCUT2D eigenvalue weighted by Gasteiger charge is 2.39. The molecule has 1 rings (SSSR count). The molecule has 0 bridgehead atoms. The van der Waals surface area contributed by atoms with E-state index < -0.39 is 28.9 Å². The lowest BCUT2D eigenvalue weighted by Crippen LogP contribution is -2.72. The summed E-state index contributed by atoms with van der Waals surface area (Å²) in [5.41, 5.74) is 3.25. The molecule has 0 fully saturated rings. The van der Waals surface area contributed by atoms with Gasteiger partial charge in [-0.1, -0.05) is 26.8 Å². The lowest BCUT2D eigenvalue weighted by Gasteiger charge is -2.28. The summed E-state index contributed by atoms with van der Waals surface area (Å²) in [4.78, 5) is 24.9. The lowest BCUT2D eigenvalue weighted by atomic mass is 9.83. The number of rotatable bonds is 5. The van der Waals surface area contributed by atoms with Crippen molar-refractivity contribution in [2.75, 3.05) is 0 Å². The summed E-state index contributed by atoms with van der Waals surface area (Å²) in [6.07, 6.45) is -0.548. The predicted molar refractivity (Wildman–Crippen MR) is 93.9 cm³/mol. The van der Waals surface area contributed by atoms with E-state index in [9.17, 15) is 19.8 Å². The van der Waals surface area contributed by atoms with Crippen molar-refractivity contribution < 1.29 is 30.3 Å². The number of esters is 1. The van der Waals surface area contributed by atoms with Crippen LogP contribution in [-0.4, -0.2) is 34.1 Å². The minimum atomic E-state index is -0.762. The third-order valence-electron chi connectivity index (χ3n) is 3.87. The van der Waals surface area contributed by atoms with Crippen LogP contribution in [0.1, 0.15) is 47.1 Å². The smallest absolute Gasteiger partial charge is 0.311 e. The highest BCUT2D eigenvalue weighted by Crippen LogP contribution is 2.27. The number of benzene rings is 1. The van der Waals surface area contributed by atoms with Gasteiger partial charge in [-0.05, 0) is 38.5 Å². The van der Waals surface area contributed by atoms with E-state index in [1.54, 1.807) is 47.6 Å². The van der Waals surface area contributed by atoms with Crippen LogP contribution in [0.25, 0.3) is 0 Å². The molecular weight excluding hydrogens is 322 g/mol. The van der Waals surface area contributed by atoms with Crippen molar-refractivity contribution in [2.45, 2.75) is 60.1 Å². The van der Waals surface area contributed by atoms with Gasteiger partial charge in [0.15, 0.2) is 29.4 Å². The van der Waals surface area contributed by atoms with Gasteiger partial charge >= 0.3 is 5.97 Å². The number of quaternary nitrogens is 1. The van der Waals surface area contributed by atoms with E-state index in [-0.39, 0.29) is 23.7 Å². The zero-order chi connectivity index (χ0) is 19.6. The predicted octanol–water partition coefficient (Wildman–Crippen LogP) is 1.82. The summed E-state index contributed by atoms with van der Waals surface area (Å²) in [5, 5.41) is 19.1. The Labute approximate surface area is 149 Å². The normalized spacial score (nSPS) is 14.7. The van der Waals surface area contributed by atoms with Gasteiger partial charge in [0.1, 0.15) is 0 Å². The number of ketones is 1. The molecule has 0 aliphatic rings. The molecule has 2 atom stereocenters. The van der Waals surface area contributed by atoms with E-state index >= 15 is 0 Å². The van der Waals surface area contributed by atoms with E-state index in [2.05, 4.69) is 5.73 Å².